The van der Waals surface area contributed by atoms with Crippen LogP contribution in [0.4, 0.5) is 0 Å². The average molecular weight is 276 g/mol. The Kier molecular flexibility index (Phi) is 5.26. The van der Waals surface area contributed by atoms with E-state index in [1.54, 1.807) is 0 Å². The van der Waals surface area contributed by atoms with Gasteiger partial charge in [0.05, 0.1) is 20.1 Å². The van der Waals surface area contributed by atoms with Gasteiger partial charge in [-0.05, 0) is 5.56 Å². The van der Waals surface area contributed by atoms with Crippen LogP contribution in [0.3, 0.4) is 0 Å². The number of carbonyl (C=O) groups is 1. The van der Waals surface area contributed by atoms with E-state index in [2.05, 4.69) is 17.6 Å². The van der Waals surface area contributed by atoms with Crippen LogP contribution in [0.25, 0.3) is 0 Å². The monoisotopic (exact) mass is 276 g/mol. The zero-order valence-electron chi connectivity index (χ0n) is 12.1. The number of benzene rings is 1. The number of quaternary nitrogens is 1. The molecule has 108 valence electrons. The van der Waals surface area contributed by atoms with E-state index in [9.17, 15) is 4.79 Å². The van der Waals surface area contributed by atoms with Crippen molar-refractivity contribution < 1.29 is 14.4 Å². The van der Waals surface area contributed by atoms with Gasteiger partial charge in [0.15, 0.2) is 6.10 Å². The van der Waals surface area contributed by atoms with Gasteiger partial charge in [-0.2, -0.15) is 5.10 Å². The summed E-state index contributed by atoms with van der Waals surface area (Å²) in [5.74, 6) is -0.225. The van der Waals surface area contributed by atoms with E-state index >= 15 is 0 Å². The first-order valence-electron chi connectivity index (χ1n) is 6.95. The Balaban J connectivity index is 1.95. The lowest BCUT2D eigenvalue weighted by atomic mass is 10.1. The normalized spacial score (nSPS) is 20.3. The van der Waals surface area contributed by atoms with Crippen LogP contribution < -0.4 is 10.3 Å². The highest BCUT2D eigenvalue weighted by atomic mass is 16.5. The molecule has 0 aliphatic carbocycles. The number of ether oxygens (including phenoxy) is 1. The van der Waals surface area contributed by atoms with E-state index in [4.69, 9.17) is 4.74 Å². The van der Waals surface area contributed by atoms with Crippen molar-refractivity contribution in [3.05, 3.63) is 35.9 Å². The summed E-state index contributed by atoms with van der Waals surface area (Å²) >= 11 is 0. The molecule has 1 aliphatic heterocycles. The molecule has 2 rings (SSSR count). The van der Waals surface area contributed by atoms with Crippen molar-refractivity contribution in [2.75, 3.05) is 27.2 Å². The Labute approximate surface area is 119 Å². The minimum Gasteiger partial charge on any atom is -0.367 e. The first-order chi connectivity index (χ1) is 9.70. The molecule has 5 nitrogen and oxygen atoms in total. The fourth-order valence-corrected chi connectivity index (χ4v) is 2.29. The van der Waals surface area contributed by atoms with E-state index < -0.39 is 6.10 Å². The lowest BCUT2D eigenvalue weighted by molar-refractivity contribution is -0.880. The molecule has 1 atom stereocenters. The molecule has 0 aromatic heterocycles. The van der Waals surface area contributed by atoms with Gasteiger partial charge in [0.1, 0.15) is 0 Å². The van der Waals surface area contributed by atoms with Gasteiger partial charge >= 0.3 is 0 Å². The molecule has 1 aromatic carbocycles. The molecular formula is C15H22N3O2+. The van der Waals surface area contributed by atoms with Crippen LogP contribution in [-0.2, 0) is 9.53 Å². The summed E-state index contributed by atoms with van der Waals surface area (Å²) in [5, 5.41) is 4.24. The molecule has 0 saturated carbocycles. The largest absolute Gasteiger partial charge is 0.367 e. The van der Waals surface area contributed by atoms with Crippen LogP contribution >= 0.6 is 0 Å². The number of hydrazone groups is 1. The second-order valence-electron chi connectivity index (χ2n) is 5.14. The molecule has 2 N–H and O–H groups in total. The molecular weight excluding hydrogens is 254 g/mol. The fourth-order valence-electron chi connectivity index (χ4n) is 2.29. The maximum absolute atomic E-state index is 12.1. The summed E-state index contributed by atoms with van der Waals surface area (Å²) in [6.45, 7) is 2.14. The number of hydrogen-bond acceptors (Lipinski definition) is 3. The first-order valence-corrected chi connectivity index (χ1v) is 6.95. The Hall–Kier alpha value is -1.72. The Morgan fingerprint density at radius 1 is 1.30 bits per heavy atom. The summed E-state index contributed by atoms with van der Waals surface area (Å²) in [7, 11) is 3.70. The van der Waals surface area contributed by atoms with Gasteiger partial charge in [0.25, 0.3) is 5.91 Å². The van der Waals surface area contributed by atoms with Gasteiger partial charge in [0.2, 0.25) is 0 Å². The SMILES string of the molecule is CO[C@@H](C(=O)NN=C1CC[NH+](C)CC1)c1ccccc1. The van der Waals surface area contributed by atoms with Crippen LogP contribution in [-0.4, -0.2) is 38.9 Å². The van der Waals surface area contributed by atoms with Crippen molar-refractivity contribution in [2.45, 2.75) is 18.9 Å². The van der Waals surface area contributed by atoms with Crippen LogP contribution in [0, 0.1) is 0 Å². The summed E-state index contributed by atoms with van der Waals surface area (Å²) < 4.78 is 5.27. The van der Waals surface area contributed by atoms with Crippen molar-refractivity contribution in [3.63, 3.8) is 0 Å². The van der Waals surface area contributed by atoms with Gasteiger partial charge in [-0.25, -0.2) is 5.43 Å². The van der Waals surface area contributed by atoms with Crippen molar-refractivity contribution in [1.82, 2.24) is 5.43 Å². The third kappa shape index (κ3) is 3.88. The molecule has 1 heterocycles. The predicted molar refractivity (Wildman–Crippen MR) is 77.6 cm³/mol. The topological polar surface area (TPSA) is 55.1 Å². The van der Waals surface area contributed by atoms with Crippen LogP contribution in [0.1, 0.15) is 24.5 Å². The van der Waals surface area contributed by atoms with Crippen molar-refractivity contribution >= 4 is 11.6 Å². The number of carbonyl (C=O) groups excluding carboxylic acids is 1. The second kappa shape index (κ2) is 7.17. The zero-order chi connectivity index (χ0) is 14.4. The summed E-state index contributed by atoms with van der Waals surface area (Å²) in [6, 6.07) is 9.44. The second-order valence-corrected chi connectivity index (χ2v) is 5.14. The lowest BCUT2D eigenvalue weighted by Crippen LogP contribution is -3.10. The third-order valence-corrected chi connectivity index (χ3v) is 3.58. The van der Waals surface area contributed by atoms with Gasteiger partial charge in [-0.15, -0.1) is 0 Å². The van der Waals surface area contributed by atoms with E-state index in [0.29, 0.717) is 0 Å². The van der Waals surface area contributed by atoms with Gasteiger partial charge in [-0.3, -0.25) is 4.79 Å². The van der Waals surface area contributed by atoms with Crippen molar-refractivity contribution in [1.29, 1.82) is 0 Å². The highest BCUT2D eigenvalue weighted by Crippen LogP contribution is 2.16. The summed E-state index contributed by atoms with van der Waals surface area (Å²) in [6.07, 6.45) is 1.27. The summed E-state index contributed by atoms with van der Waals surface area (Å²) in [4.78, 5) is 13.6. The maximum atomic E-state index is 12.1. The Morgan fingerprint density at radius 3 is 2.55 bits per heavy atom. The van der Waals surface area contributed by atoms with Crippen molar-refractivity contribution in [2.24, 2.45) is 5.10 Å². The molecule has 1 saturated heterocycles. The van der Waals surface area contributed by atoms with Crippen LogP contribution in [0.5, 0.6) is 0 Å². The van der Waals surface area contributed by atoms with Gasteiger partial charge in [-0.1, -0.05) is 30.3 Å². The summed E-state index contributed by atoms with van der Waals surface area (Å²) in [5.41, 5.74) is 4.53. The lowest BCUT2D eigenvalue weighted by Gasteiger charge is -2.20. The van der Waals surface area contributed by atoms with Crippen LogP contribution in [0.15, 0.2) is 35.4 Å². The molecule has 1 aromatic rings. The molecule has 0 radical (unpaired) electrons. The zero-order valence-corrected chi connectivity index (χ0v) is 12.1. The van der Waals surface area contributed by atoms with Crippen molar-refractivity contribution in [3.8, 4) is 0 Å². The molecule has 0 spiro atoms. The highest BCUT2D eigenvalue weighted by molar-refractivity contribution is 5.88. The number of likely N-dealkylation sites (tertiary alicyclic amines) is 1. The molecule has 0 bridgehead atoms. The van der Waals surface area contributed by atoms with Gasteiger partial charge in [0, 0.05) is 25.7 Å². The molecule has 5 heteroatoms. The average Bonchev–Trinajstić information content (AvgIpc) is 2.48. The first kappa shape index (κ1) is 14.7. The minimum absolute atomic E-state index is 0.225. The Bertz CT molecular complexity index is 463. The molecule has 1 fully saturated rings. The number of amides is 1. The highest BCUT2D eigenvalue weighted by Gasteiger charge is 2.20. The van der Waals surface area contributed by atoms with E-state index in [-0.39, 0.29) is 5.91 Å². The molecule has 1 amide bonds. The molecule has 1 aliphatic rings. The Morgan fingerprint density at radius 2 is 1.95 bits per heavy atom. The maximum Gasteiger partial charge on any atom is 0.273 e. The smallest absolute Gasteiger partial charge is 0.273 e. The minimum atomic E-state index is -0.613. The number of nitrogens with zero attached hydrogens (tertiary/aromatic N) is 1. The van der Waals surface area contributed by atoms with Gasteiger partial charge < -0.3 is 9.64 Å². The number of methoxy groups -OCH3 is 1. The third-order valence-electron chi connectivity index (χ3n) is 3.58. The van der Waals surface area contributed by atoms with E-state index in [1.165, 1.54) is 12.0 Å². The molecule has 0 unspecified atom stereocenters. The quantitative estimate of drug-likeness (QED) is 0.770. The molecule has 20 heavy (non-hydrogen) atoms. The number of nitrogens with one attached hydrogen (secondary N) is 2. The van der Waals surface area contributed by atoms with Crippen LogP contribution in [0.2, 0.25) is 0 Å². The number of rotatable bonds is 4. The standard InChI is InChI=1S/C15H21N3O2/c1-18-10-8-13(9-11-18)16-17-15(19)14(20-2)12-6-4-3-5-7-12/h3-7,14H,8-11H2,1-2H3,(H,17,19)/p+1/t14-/m1/s1. The fraction of sp³-hybridized carbons (Fsp3) is 0.467. The van der Waals surface area contributed by atoms with E-state index in [1.807, 2.05) is 30.3 Å². The van der Waals surface area contributed by atoms with E-state index in [0.717, 1.165) is 37.2 Å². The number of hydrogen-bond donors (Lipinski definition) is 2. The predicted octanol–water partition coefficient (Wildman–Crippen LogP) is 0.155. The number of piperidine rings is 1.